The summed E-state index contributed by atoms with van der Waals surface area (Å²) in [6.45, 7) is 20.5. The van der Waals surface area contributed by atoms with Gasteiger partial charge in [-0.15, -0.1) is 0 Å². The third-order valence-corrected chi connectivity index (χ3v) is 20.1. The Morgan fingerprint density at radius 3 is 1.61 bits per heavy atom. The van der Waals surface area contributed by atoms with E-state index in [1.807, 2.05) is 0 Å². The Morgan fingerprint density at radius 2 is 0.954 bits per heavy atom. The van der Waals surface area contributed by atoms with Crippen LogP contribution in [0.1, 0.15) is 133 Å². The molecule has 0 atom stereocenters. The SMILES string of the molecule is C=Cc1c(N(c2ccc(C)c(C)c2)c2cccc3c2oc2c(-c4ccccc4CC)cccc23)cc(C2CCCC2)c2ccc3c(N(c4ccc(C)c(C)c4)c4cccc(-c5cccc(-c6ccccc6CC)c5)c4O)cc(C4CCCC4)c(C)c3c12. The highest BCUT2D eigenvalue weighted by atomic mass is 16.3. The number of para-hydroxylation sites is 3. The van der Waals surface area contributed by atoms with Crippen LogP contribution in [0.4, 0.5) is 34.1 Å². The van der Waals surface area contributed by atoms with Crippen molar-refractivity contribution in [2.75, 3.05) is 9.80 Å². The van der Waals surface area contributed by atoms with Crippen LogP contribution in [0.5, 0.6) is 5.75 Å². The molecule has 0 saturated heterocycles. The first-order chi connectivity index (χ1) is 42.5. The zero-order chi connectivity index (χ0) is 59.6. The van der Waals surface area contributed by atoms with Gasteiger partial charge in [0, 0.05) is 44.2 Å². The molecule has 0 unspecified atom stereocenters. The number of rotatable bonds is 14. The van der Waals surface area contributed by atoms with Gasteiger partial charge in [-0.3, -0.25) is 0 Å². The van der Waals surface area contributed by atoms with Crippen molar-refractivity contribution in [3.8, 4) is 39.1 Å². The van der Waals surface area contributed by atoms with E-state index in [1.165, 1.54) is 103 Å². The molecule has 0 bridgehead atoms. The number of benzene rings is 11. The third-order valence-electron chi connectivity index (χ3n) is 20.1. The second kappa shape index (κ2) is 23.0. The van der Waals surface area contributed by atoms with E-state index in [0.29, 0.717) is 11.8 Å². The molecule has 4 heteroatoms. The number of fused-ring (bicyclic) bond motifs is 6. The summed E-state index contributed by atoms with van der Waals surface area (Å²) in [6, 6.07) is 69.4. The van der Waals surface area contributed by atoms with Gasteiger partial charge < -0.3 is 19.3 Å². The van der Waals surface area contributed by atoms with E-state index in [-0.39, 0.29) is 5.75 Å². The molecule has 0 amide bonds. The minimum Gasteiger partial charge on any atom is -0.505 e. The number of aromatic hydroxyl groups is 1. The van der Waals surface area contributed by atoms with Gasteiger partial charge in [-0.25, -0.2) is 0 Å². The van der Waals surface area contributed by atoms with Crippen molar-refractivity contribution >= 4 is 83.7 Å². The molecule has 11 aromatic carbocycles. The summed E-state index contributed by atoms with van der Waals surface area (Å²) < 4.78 is 7.43. The van der Waals surface area contributed by atoms with Gasteiger partial charge in [0.1, 0.15) is 11.3 Å². The van der Waals surface area contributed by atoms with E-state index in [4.69, 9.17) is 11.0 Å². The first-order valence-electron chi connectivity index (χ1n) is 32.0. The van der Waals surface area contributed by atoms with Crippen LogP contribution < -0.4 is 9.80 Å². The fraction of sp³-hybridized carbons (Fsp3) is 0.229. The van der Waals surface area contributed by atoms with Gasteiger partial charge in [-0.1, -0.05) is 186 Å². The second-order valence-electron chi connectivity index (χ2n) is 25.0. The molecule has 87 heavy (non-hydrogen) atoms. The predicted octanol–water partition coefficient (Wildman–Crippen LogP) is 24.2. The second-order valence-corrected chi connectivity index (χ2v) is 25.0. The zero-order valence-corrected chi connectivity index (χ0v) is 51.7. The Balaban J connectivity index is 1.07. The molecule has 14 rings (SSSR count). The maximum atomic E-state index is 13.2. The zero-order valence-electron chi connectivity index (χ0n) is 51.7. The maximum absolute atomic E-state index is 13.2. The number of hydrogen-bond donors (Lipinski definition) is 1. The minimum atomic E-state index is 0.247. The van der Waals surface area contributed by atoms with Crippen LogP contribution in [-0.2, 0) is 12.8 Å². The molecule has 2 saturated carbocycles. The molecule has 1 N–H and O–H groups in total. The van der Waals surface area contributed by atoms with E-state index in [0.717, 1.165) is 128 Å². The van der Waals surface area contributed by atoms with E-state index in [9.17, 15) is 5.11 Å². The van der Waals surface area contributed by atoms with Crippen LogP contribution in [0.25, 0.3) is 82.9 Å². The van der Waals surface area contributed by atoms with Gasteiger partial charge in [0.15, 0.2) is 5.58 Å². The van der Waals surface area contributed by atoms with Crippen molar-refractivity contribution < 1.29 is 9.52 Å². The highest BCUT2D eigenvalue weighted by molar-refractivity contribution is 6.21. The Hall–Kier alpha value is -9.12. The predicted molar refractivity (Wildman–Crippen MR) is 371 cm³/mol. The number of aryl methyl sites for hydroxylation is 7. The van der Waals surface area contributed by atoms with Crippen LogP contribution in [0, 0.1) is 34.6 Å². The van der Waals surface area contributed by atoms with Crippen molar-refractivity contribution in [3.63, 3.8) is 0 Å². The summed E-state index contributed by atoms with van der Waals surface area (Å²) in [4.78, 5) is 4.88. The molecule has 0 spiro atoms. The monoisotopic (exact) mass is 1130 g/mol. The molecule has 12 aromatic rings. The van der Waals surface area contributed by atoms with Crippen LogP contribution in [0.3, 0.4) is 0 Å². The van der Waals surface area contributed by atoms with Crippen molar-refractivity contribution in [2.24, 2.45) is 0 Å². The third kappa shape index (κ3) is 9.60. The molecule has 2 aliphatic carbocycles. The van der Waals surface area contributed by atoms with E-state index in [2.05, 4.69) is 252 Å². The topological polar surface area (TPSA) is 39.9 Å². The van der Waals surface area contributed by atoms with Crippen LogP contribution >= 0.6 is 0 Å². The van der Waals surface area contributed by atoms with Crippen LogP contribution in [-0.4, -0.2) is 5.11 Å². The number of phenols is 1. The number of phenolic OH excluding ortho intramolecular Hbond substituents is 1. The lowest BCUT2D eigenvalue weighted by molar-refractivity contribution is 0.478. The summed E-state index contributed by atoms with van der Waals surface area (Å²) in [5.41, 5.74) is 26.8. The van der Waals surface area contributed by atoms with E-state index >= 15 is 0 Å². The van der Waals surface area contributed by atoms with Gasteiger partial charge in [-0.05, 0) is 228 Å². The summed E-state index contributed by atoms with van der Waals surface area (Å²) in [5.74, 6) is 1.01. The largest absolute Gasteiger partial charge is 0.505 e. The summed E-state index contributed by atoms with van der Waals surface area (Å²) >= 11 is 0. The molecule has 432 valence electrons. The van der Waals surface area contributed by atoms with Gasteiger partial charge in [-0.2, -0.15) is 0 Å². The van der Waals surface area contributed by atoms with E-state index in [1.54, 1.807) is 0 Å². The van der Waals surface area contributed by atoms with Gasteiger partial charge in [0.2, 0.25) is 0 Å². The Labute approximate surface area is 514 Å². The molecule has 0 radical (unpaired) electrons. The van der Waals surface area contributed by atoms with Gasteiger partial charge >= 0.3 is 0 Å². The summed E-state index contributed by atoms with van der Waals surface area (Å²) in [7, 11) is 0. The first kappa shape index (κ1) is 55.7. The maximum Gasteiger partial charge on any atom is 0.159 e. The van der Waals surface area contributed by atoms with Gasteiger partial charge in [0.25, 0.3) is 0 Å². The molecule has 4 nitrogen and oxygen atoms in total. The van der Waals surface area contributed by atoms with Crippen molar-refractivity contribution in [1.82, 2.24) is 0 Å². The number of furan rings is 1. The number of nitrogens with zero attached hydrogens (tertiary/aromatic N) is 2. The first-order valence-corrected chi connectivity index (χ1v) is 32.0. The fourth-order valence-corrected chi connectivity index (χ4v) is 15.2. The van der Waals surface area contributed by atoms with Crippen molar-refractivity contribution in [2.45, 2.75) is 125 Å². The molecule has 1 heterocycles. The van der Waals surface area contributed by atoms with Crippen LogP contribution in [0.2, 0.25) is 0 Å². The van der Waals surface area contributed by atoms with Crippen molar-refractivity contribution in [1.29, 1.82) is 0 Å². The Bertz CT molecular complexity index is 4680. The molecule has 2 aliphatic rings. The van der Waals surface area contributed by atoms with E-state index < -0.39 is 0 Å². The molecular weight excluding hydrogens is 1060 g/mol. The Kier molecular flexibility index (Phi) is 14.7. The molecule has 1 aromatic heterocycles. The average molecular weight is 1140 g/mol. The molecular formula is C83H78N2O2. The van der Waals surface area contributed by atoms with Crippen molar-refractivity contribution in [3.05, 3.63) is 250 Å². The van der Waals surface area contributed by atoms with Gasteiger partial charge in [0.05, 0.1) is 22.7 Å². The normalized spacial score (nSPS) is 13.9. The van der Waals surface area contributed by atoms with Crippen LogP contribution in [0.15, 0.2) is 199 Å². The average Bonchev–Trinajstić information content (AvgIpc) is 1.56. The quantitative estimate of drug-likeness (QED) is 0.110. The number of hydrogen-bond acceptors (Lipinski definition) is 4. The molecule has 2 fully saturated rings. The standard InChI is InChI=1S/C83H78N2O2/c1-9-56-24-16-18-32-65(56)60-30-20-31-61(48-60)67-34-22-38-75(81(67)86)84(62-42-40-51(4)53(6)46-62)78-49-73(58-26-12-13-27-58)55(8)79-72(78)45-44-68-74(59-28-14-15-29-59)50-77(64(11-3)80(68)79)85(63-43-41-52(5)54(7)47-63)76-39-23-37-71-70-36-21-35-69(82(70)87-83(71)76)66-33-19-17-25-57(66)10-2/h11,16-25,30-50,58-59,86H,3,9-10,12-15,26-29H2,1-2,4-8H3. The lowest BCUT2D eigenvalue weighted by atomic mass is 9.82. The minimum absolute atomic E-state index is 0.247. The fourth-order valence-electron chi connectivity index (χ4n) is 15.2. The highest BCUT2D eigenvalue weighted by Gasteiger charge is 2.32. The summed E-state index contributed by atoms with van der Waals surface area (Å²) in [6.07, 6.45) is 13.4. The lowest BCUT2D eigenvalue weighted by Crippen LogP contribution is -2.15. The Morgan fingerprint density at radius 1 is 0.437 bits per heavy atom. The smallest absolute Gasteiger partial charge is 0.159 e. The molecule has 0 aliphatic heterocycles. The lowest BCUT2D eigenvalue weighted by Gasteiger charge is -2.32. The highest BCUT2D eigenvalue weighted by Crippen LogP contribution is 2.55. The summed E-state index contributed by atoms with van der Waals surface area (Å²) in [5, 5.41) is 20.3. The number of anilines is 6.